The highest BCUT2D eigenvalue weighted by molar-refractivity contribution is 6.05. The smallest absolute Gasteiger partial charge is 0.321 e. The molecule has 6 heteroatoms. The van der Waals surface area contributed by atoms with Gasteiger partial charge in [0.05, 0.1) is 5.52 Å². The molecule has 1 fully saturated rings. The highest BCUT2D eigenvalue weighted by Crippen LogP contribution is 2.28. The van der Waals surface area contributed by atoms with Crippen molar-refractivity contribution in [1.82, 2.24) is 15.1 Å². The molecule has 126 valence electrons. The summed E-state index contributed by atoms with van der Waals surface area (Å²) in [4.78, 5) is 25.3. The Balaban J connectivity index is 1.70. The van der Waals surface area contributed by atoms with E-state index in [0.717, 1.165) is 27.7 Å². The monoisotopic (exact) mass is 334 g/mol. The van der Waals surface area contributed by atoms with Gasteiger partial charge in [-0.25, -0.2) is 4.79 Å². The number of anilines is 1. The summed E-state index contributed by atoms with van der Waals surface area (Å²) in [5.41, 5.74) is 4.38. The number of carbonyl (C=O) groups is 2. The van der Waals surface area contributed by atoms with Gasteiger partial charge in [0, 0.05) is 38.1 Å². The van der Waals surface area contributed by atoms with E-state index in [1.54, 1.807) is 23.6 Å². The van der Waals surface area contributed by atoms with Gasteiger partial charge >= 0.3 is 6.03 Å². The number of Topliss-reactive ketones (excluding diaryl/α,β-unsaturated/α-hetero) is 1. The topological polar surface area (TPSA) is 67.2 Å². The number of hydrogen-bond acceptors (Lipinski definition) is 3. The van der Waals surface area contributed by atoms with E-state index in [0.29, 0.717) is 18.8 Å². The minimum atomic E-state index is -0.0561. The number of hydrogen-bond donors (Lipinski definition) is 1. The Morgan fingerprint density at radius 1 is 1.12 bits per heavy atom. The minimum Gasteiger partial charge on any atom is -0.336 e. The molecule has 6 nitrogen and oxygen atoms in total. The Hall–Kier alpha value is -3.15. The fourth-order valence-corrected chi connectivity index (χ4v) is 3.35. The van der Waals surface area contributed by atoms with Crippen molar-refractivity contribution in [3.8, 4) is 11.1 Å². The molecule has 1 aliphatic rings. The molecule has 25 heavy (non-hydrogen) atoms. The fraction of sp³-hybridized carbons (Fsp3) is 0.211. The van der Waals surface area contributed by atoms with Crippen LogP contribution >= 0.6 is 0 Å². The lowest BCUT2D eigenvalue weighted by atomic mass is 10.0. The summed E-state index contributed by atoms with van der Waals surface area (Å²) in [5, 5.41) is 8.11. The van der Waals surface area contributed by atoms with E-state index in [2.05, 4.69) is 10.4 Å². The summed E-state index contributed by atoms with van der Waals surface area (Å²) in [6.45, 7) is 2.92. The molecule has 1 aliphatic heterocycles. The van der Waals surface area contributed by atoms with Crippen LogP contribution in [0.1, 0.15) is 17.4 Å². The molecular weight excluding hydrogens is 316 g/mol. The highest BCUT2D eigenvalue weighted by Gasteiger charge is 2.21. The number of carbonyl (C=O) groups excluding carboxylic acids is 2. The molecular formula is C19H18N4O2. The second-order valence-corrected chi connectivity index (χ2v) is 6.19. The second kappa shape index (κ2) is 5.73. The van der Waals surface area contributed by atoms with E-state index in [1.807, 2.05) is 42.5 Å². The Kier molecular flexibility index (Phi) is 3.53. The van der Waals surface area contributed by atoms with Crippen LogP contribution in [0.4, 0.5) is 10.5 Å². The number of urea groups is 1. The lowest BCUT2D eigenvalue weighted by Crippen LogP contribution is -2.27. The third kappa shape index (κ3) is 2.55. The second-order valence-electron chi connectivity index (χ2n) is 6.19. The van der Waals surface area contributed by atoms with Crippen molar-refractivity contribution in [3.63, 3.8) is 0 Å². The molecule has 0 bridgehead atoms. The van der Waals surface area contributed by atoms with E-state index in [4.69, 9.17) is 0 Å². The molecule has 1 aromatic heterocycles. The van der Waals surface area contributed by atoms with Crippen LogP contribution in [0.25, 0.3) is 22.0 Å². The van der Waals surface area contributed by atoms with Crippen molar-refractivity contribution in [2.75, 3.05) is 18.0 Å². The molecule has 2 aromatic carbocycles. The lowest BCUT2D eigenvalue weighted by Gasteiger charge is -2.14. The minimum absolute atomic E-state index is 0.00555. The van der Waals surface area contributed by atoms with Crippen LogP contribution in [0.5, 0.6) is 0 Å². The first kappa shape index (κ1) is 15.4. The number of nitrogens with zero attached hydrogens (tertiary/aromatic N) is 3. The van der Waals surface area contributed by atoms with E-state index in [1.165, 1.54) is 0 Å². The average Bonchev–Trinajstić information content (AvgIpc) is 3.16. The van der Waals surface area contributed by atoms with Crippen molar-refractivity contribution in [2.24, 2.45) is 7.05 Å². The number of fused-ring (bicyclic) bond motifs is 1. The van der Waals surface area contributed by atoms with Gasteiger partial charge in [0.25, 0.3) is 0 Å². The van der Waals surface area contributed by atoms with Crippen molar-refractivity contribution in [3.05, 3.63) is 48.2 Å². The van der Waals surface area contributed by atoms with Crippen LogP contribution in [-0.2, 0) is 7.05 Å². The molecule has 0 saturated carbocycles. The van der Waals surface area contributed by atoms with Gasteiger partial charge < -0.3 is 5.32 Å². The molecule has 0 unspecified atom stereocenters. The standard InChI is InChI=1S/C19H18N4O2/c1-12(24)18-16-8-5-14(11-17(16)21-22(18)2)13-3-6-15(7-4-13)23-10-9-20-19(23)25/h3-8,11H,9-10H2,1-2H3,(H,20,25). The highest BCUT2D eigenvalue weighted by atomic mass is 16.2. The zero-order valence-electron chi connectivity index (χ0n) is 14.1. The number of ketones is 1. The number of amides is 2. The molecule has 2 amide bonds. The maximum atomic E-state index is 11.8. The van der Waals surface area contributed by atoms with Crippen LogP contribution in [-0.4, -0.2) is 34.7 Å². The van der Waals surface area contributed by atoms with Gasteiger partial charge in [-0.15, -0.1) is 0 Å². The summed E-state index contributed by atoms with van der Waals surface area (Å²) < 4.78 is 1.63. The zero-order chi connectivity index (χ0) is 17.6. The quantitative estimate of drug-likeness (QED) is 0.749. The van der Waals surface area contributed by atoms with Gasteiger partial charge in [-0.05, 0) is 35.4 Å². The van der Waals surface area contributed by atoms with Crippen LogP contribution in [0.2, 0.25) is 0 Å². The van der Waals surface area contributed by atoms with E-state index in [-0.39, 0.29) is 11.8 Å². The van der Waals surface area contributed by atoms with E-state index >= 15 is 0 Å². The first-order chi connectivity index (χ1) is 12.0. The maximum Gasteiger partial charge on any atom is 0.321 e. The molecule has 0 atom stereocenters. The van der Waals surface area contributed by atoms with Crippen molar-refractivity contribution in [2.45, 2.75) is 6.92 Å². The number of benzene rings is 2. The lowest BCUT2D eigenvalue weighted by molar-refractivity contribution is 0.101. The normalized spacial score (nSPS) is 14.2. The van der Waals surface area contributed by atoms with Gasteiger partial charge in [-0.2, -0.15) is 5.10 Å². The molecule has 2 heterocycles. The average molecular weight is 334 g/mol. The number of aromatic nitrogens is 2. The van der Waals surface area contributed by atoms with E-state index in [9.17, 15) is 9.59 Å². The number of rotatable bonds is 3. The molecule has 1 saturated heterocycles. The molecule has 0 spiro atoms. The van der Waals surface area contributed by atoms with Crippen LogP contribution in [0.15, 0.2) is 42.5 Å². The van der Waals surface area contributed by atoms with Crippen molar-refractivity contribution < 1.29 is 9.59 Å². The Morgan fingerprint density at radius 3 is 2.48 bits per heavy atom. The summed E-state index contributed by atoms with van der Waals surface area (Å²) in [7, 11) is 1.78. The summed E-state index contributed by atoms with van der Waals surface area (Å²) in [6.07, 6.45) is 0. The Labute approximate surface area is 145 Å². The van der Waals surface area contributed by atoms with Crippen LogP contribution in [0.3, 0.4) is 0 Å². The van der Waals surface area contributed by atoms with E-state index < -0.39 is 0 Å². The first-order valence-corrected chi connectivity index (χ1v) is 8.18. The van der Waals surface area contributed by atoms with Crippen LogP contribution < -0.4 is 10.2 Å². The third-order valence-corrected chi connectivity index (χ3v) is 4.54. The first-order valence-electron chi connectivity index (χ1n) is 8.18. The summed E-state index contributed by atoms with van der Waals surface area (Å²) in [5.74, 6) is 0.00555. The molecule has 0 aliphatic carbocycles. The number of aryl methyl sites for hydroxylation is 1. The molecule has 3 aromatic rings. The molecule has 1 N–H and O–H groups in total. The largest absolute Gasteiger partial charge is 0.336 e. The maximum absolute atomic E-state index is 11.8. The van der Waals surface area contributed by atoms with Gasteiger partial charge in [0.15, 0.2) is 5.78 Å². The number of nitrogens with one attached hydrogen (secondary N) is 1. The zero-order valence-corrected chi connectivity index (χ0v) is 14.1. The third-order valence-electron chi connectivity index (χ3n) is 4.54. The Bertz CT molecular complexity index is 989. The van der Waals surface area contributed by atoms with Crippen LogP contribution in [0, 0.1) is 0 Å². The SMILES string of the molecule is CC(=O)c1c2ccc(-c3ccc(N4CCNC4=O)cc3)cc2nn1C. The van der Waals surface area contributed by atoms with Gasteiger partial charge in [-0.3, -0.25) is 14.4 Å². The van der Waals surface area contributed by atoms with Gasteiger partial charge in [-0.1, -0.05) is 18.2 Å². The summed E-state index contributed by atoms with van der Waals surface area (Å²) >= 11 is 0. The molecule has 0 radical (unpaired) electrons. The summed E-state index contributed by atoms with van der Waals surface area (Å²) in [6, 6.07) is 13.8. The molecule has 4 rings (SSSR count). The van der Waals surface area contributed by atoms with Crippen molar-refractivity contribution in [1.29, 1.82) is 0 Å². The Morgan fingerprint density at radius 2 is 1.84 bits per heavy atom. The van der Waals surface area contributed by atoms with Gasteiger partial charge in [0.2, 0.25) is 0 Å². The van der Waals surface area contributed by atoms with Crippen molar-refractivity contribution >= 4 is 28.4 Å². The fourth-order valence-electron chi connectivity index (χ4n) is 3.35. The predicted octanol–water partition coefficient (Wildman–Crippen LogP) is 2.97. The predicted molar refractivity (Wildman–Crippen MR) is 96.9 cm³/mol. The van der Waals surface area contributed by atoms with Gasteiger partial charge in [0.1, 0.15) is 5.69 Å².